The summed E-state index contributed by atoms with van der Waals surface area (Å²) in [4.78, 5) is 0. The van der Waals surface area contributed by atoms with Crippen LogP contribution in [0.25, 0.3) is 66.2 Å². The molecule has 0 N–H and O–H groups in total. The average molecular weight is 933 g/mol. The van der Waals surface area contributed by atoms with Crippen molar-refractivity contribution in [2.75, 3.05) is 19.8 Å². The molecule has 0 radical (unpaired) electrons. The Balaban J connectivity index is 0.864. The van der Waals surface area contributed by atoms with E-state index in [2.05, 4.69) is 61.9 Å². The fourth-order valence-electron chi connectivity index (χ4n) is 9.06. The zero-order valence-electron chi connectivity index (χ0n) is 37.8. The van der Waals surface area contributed by atoms with Gasteiger partial charge in [0.05, 0.1) is 72.4 Å². The van der Waals surface area contributed by atoms with Crippen LogP contribution in [-0.2, 0) is 53.2 Å². The highest BCUT2D eigenvalue weighted by atomic mass is 16.7. The van der Waals surface area contributed by atoms with E-state index in [0.29, 0.717) is 39.3 Å². The maximum absolute atomic E-state index is 6.84. The van der Waals surface area contributed by atoms with E-state index < -0.39 is 7.32 Å². The van der Waals surface area contributed by atoms with Crippen LogP contribution in [0.2, 0.25) is 0 Å². The first kappa shape index (κ1) is 43.0. The molecule has 6 heterocycles. The summed E-state index contributed by atoms with van der Waals surface area (Å²) in [7, 11) is -1.13. The van der Waals surface area contributed by atoms with Crippen molar-refractivity contribution in [2.24, 2.45) is 17.8 Å². The van der Waals surface area contributed by atoms with E-state index in [-0.39, 0.29) is 37.6 Å². The molecule has 0 spiro atoms. The molecule has 0 amide bonds. The largest absolute Gasteiger partial charge is 0.639 e. The summed E-state index contributed by atoms with van der Waals surface area (Å²) in [6, 6.07) is 47.4. The maximum Gasteiger partial charge on any atom is 0.639 e. The molecule has 6 aromatic carbocycles. The number of benzene rings is 6. The number of rotatable bonds is 21. The second kappa shape index (κ2) is 19.3. The quantitative estimate of drug-likeness (QED) is 0.0810. The Morgan fingerprint density at radius 1 is 0.286 bits per heavy atom. The summed E-state index contributed by atoms with van der Waals surface area (Å²) in [6.45, 7) is 3.37. The Morgan fingerprint density at radius 2 is 0.471 bits per heavy atom. The molecule has 12 rings (SSSR count). The Hall–Kier alpha value is -8.34. The minimum atomic E-state index is -1.13. The first-order chi connectivity index (χ1) is 34.6. The normalized spacial score (nSPS) is 12.2. The van der Waals surface area contributed by atoms with Crippen LogP contribution in [0.4, 0.5) is 0 Å². The van der Waals surface area contributed by atoms with Gasteiger partial charge in [0.25, 0.3) is 0 Å². The second-order valence-corrected chi connectivity index (χ2v) is 17.4. The molecule has 0 aliphatic heterocycles. The van der Waals surface area contributed by atoms with Crippen molar-refractivity contribution in [3.8, 4) is 0 Å². The smallest absolute Gasteiger partial charge is 0.385 e. The topological polar surface area (TPSA) is 212 Å². The minimum absolute atomic E-state index is 0.192. The highest BCUT2D eigenvalue weighted by molar-refractivity contribution is 6.36. The number of nitrogens with zero attached hydrogens (tertiary/aromatic N) is 18. The van der Waals surface area contributed by atoms with E-state index in [1.807, 2.05) is 174 Å². The van der Waals surface area contributed by atoms with Crippen molar-refractivity contribution >= 4 is 73.5 Å². The van der Waals surface area contributed by atoms with Gasteiger partial charge in [0.2, 0.25) is 0 Å². The third-order valence-electron chi connectivity index (χ3n) is 12.5. The van der Waals surface area contributed by atoms with E-state index in [1.54, 1.807) is 0 Å². The zero-order chi connectivity index (χ0) is 46.6. The third kappa shape index (κ3) is 9.05. The SMILES string of the molecule is c1ccc2c(c1)nnn2CC(COB(OCC(Cn1nnc2ccccc21)Cn1nnc2ccccc21)OCC(Cn1nnc2ccccc21)Cn1nnc2ccccc21)Cn1nnc2ccccc21. The van der Waals surface area contributed by atoms with Crippen LogP contribution < -0.4 is 0 Å². The van der Waals surface area contributed by atoms with Gasteiger partial charge in [0, 0.05) is 37.6 Å². The fourth-order valence-corrected chi connectivity index (χ4v) is 9.06. The van der Waals surface area contributed by atoms with Gasteiger partial charge in [0.15, 0.2) is 0 Å². The Bertz CT molecular complexity index is 3080. The van der Waals surface area contributed by atoms with Gasteiger partial charge >= 0.3 is 7.32 Å². The second-order valence-electron chi connectivity index (χ2n) is 17.4. The van der Waals surface area contributed by atoms with Crippen LogP contribution >= 0.6 is 0 Å². The van der Waals surface area contributed by atoms with Gasteiger partial charge in [0.1, 0.15) is 33.1 Å². The number of fused-ring (bicyclic) bond motifs is 6. The van der Waals surface area contributed by atoms with E-state index in [1.165, 1.54) is 0 Å². The first-order valence-corrected chi connectivity index (χ1v) is 23.2. The van der Waals surface area contributed by atoms with Crippen LogP contribution in [-0.4, -0.2) is 117 Å². The molecule has 0 aliphatic carbocycles. The van der Waals surface area contributed by atoms with Crippen molar-refractivity contribution in [1.82, 2.24) is 90.0 Å². The molecule has 0 atom stereocenters. The molecule has 22 heteroatoms. The van der Waals surface area contributed by atoms with Gasteiger partial charge in [-0.05, 0) is 72.8 Å². The maximum atomic E-state index is 6.84. The summed E-state index contributed by atoms with van der Waals surface area (Å²) < 4.78 is 31.9. The molecule has 0 saturated heterocycles. The zero-order valence-corrected chi connectivity index (χ0v) is 37.8. The average Bonchev–Trinajstić information content (AvgIpc) is 4.29. The molecule has 0 saturated carbocycles. The Labute approximate surface area is 398 Å². The van der Waals surface area contributed by atoms with Gasteiger partial charge in [-0.1, -0.05) is 104 Å². The van der Waals surface area contributed by atoms with Gasteiger partial charge in [-0.15, -0.1) is 30.6 Å². The molecule has 12 aromatic rings. The number of aromatic nitrogens is 18. The standard InChI is InChI=1S/C48H45BN18O3/c1-7-19-43-37(13-1)50-56-62(43)25-34(26-63-44-20-8-2-14-38(44)51-57-63)31-68-49(69-32-35(27-64-45-21-9-3-15-39(45)52-58-64)28-65-46-22-10-4-16-40(46)53-59-65)70-33-36(29-66-47-23-11-5-17-41(47)54-60-66)30-67-48-24-12-6-18-42(48)55-61-67/h1-24,34-36H,25-33H2. The fraction of sp³-hybridized carbons (Fsp3) is 0.250. The van der Waals surface area contributed by atoms with Crippen molar-refractivity contribution < 1.29 is 14.0 Å². The van der Waals surface area contributed by atoms with Crippen LogP contribution in [0.15, 0.2) is 146 Å². The number of hydrogen-bond acceptors (Lipinski definition) is 15. The lowest BCUT2D eigenvalue weighted by molar-refractivity contribution is 0.0449. The minimum Gasteiger partial charge on any atom is -0.385 e. The highest BCUT2D eigenvalue weighted by Gasteiger charge is 2.30. The first-order valence-electron chi connectivity index (χ1n) is 23.2. The molecule has 0 aliphatic rings. The van der Waals surface area contributed by atoms with Gasteiger partial charge < -0.3 is 14.0 Å². The predicted octanol–water partition coefficient (Wildman–Crippen LogP) is 5.54. The Kier molecular flexibility index (Phi) is 11.9. The highest BCUT2D eigenvalue weighted by Crippen LogP contribution is 2.22. The van der Waals surface area contributed by atoms with Gasteiger partial charge in [-0.2, -0.15) is 0 Å². The molecule has 0 unspecified atom stereocenters. The van der Waals surface area contributed by atoms with Crippen LogP contribution in [0.1, 0.15) is 0 Å². The van der Waals surface area contributed by atoms with Crippen LogP contribution in [0.5, 0.6) is 0 Å². The molecule has 0 bridgehead atoms. The number of hydrogen-bond donors (Lipinski definition) is 0. The summed E-state index contributed by atoms with van der Waals surface area (Å²) in [5.74, 6) is -0.576. The predicted molar refractivity (Wildman–Crippen MR) is 259 cm³/mol. The lowest BCUT2D eigenvalue weighted by Gasteiger charge is -2.24. The van der Waals surface area contributed by atoms with Gasteiger partial charge in [-0.3, -0.25) is 0 Å². The molecule has 0 fully saturated rings. The van der Waals surface area contributed by atoms with Crippen molar-refractivity contribution in [2.45, 2.75) is 39.3 Å². The monoisotopic (exact) mass is 932 g/mol. The molecular formula is C48H45BN18O3. The van der Waals surface area contributed by atoms with Crippen LogP contribution in [0, 0.1) is 17.8 Å². The third-order valence-corrected chi connectivity index (χ3v) is 12.5. The molecule has 6 aromatic heterocycles. The van der Waals surface area contributed by atoms with E-state index in [9.17, 15) is 0 Å². The van der Waals surface area contributed by atoms with Crippen LogP contribution in [0.3, 0.4) is 0 Å². The van der Waals surface area contributed by atoms with Crippen molar-refractivity contribution in [1.29, 1.82) is 0 Å². The molecular weight excluding hydrogens is 887 g/mol. The summed E-state index contributed by atoms with van der Waals surface area (Å²) in [6.07, 6.45) is 0. The van der Waals surface area contributed by atoms with E-state index >= 15 is 0 Å². The lowest BCUT2D eigenvalue weighted by atomic mass is 10.1. The van der Waals surface area contributed by atoms with E-state index in [4.69, 9.17) is 14.0 Å². The molecule has 348 valence electrons. The summed E-state index contributed by atoms with van der Waals surface area (Å²) in [5.41, 5.74) is 10.3. The Morgan fingerprint density at radius 3 is 0.671 bits per heavy atom. The lowest BCUT2D eigenvalue weighted by Crippen LogP contribution is -2.37. The summed E-state index contributed by atoms with van der Waals surface area (Å²) >= 11 is 0. The summed E-state index contributed by atoms with van der Waals surface area (Å²) in [5, 5.41) is 54.0. The molecule has 21 nitrogen and oxygen atoms in total. The van der Waals surface area contributed by atoms with Gasteiger partial charge in [-0.25, -0.2) is 28.1 Å². The van der Waals surface area contributed by atoms with E-state index in [0.717, 1.165) is 66.2 Å². The molecule has 70 heavy (non-hydrogen) atoms. The number of para-hydroxylation sites is 6. The van der Waals surface area contributed by atoms with Crippen molar-refractivity contribution in [3.63, 3.8) is 0 Å². The van der Waals surface area contributed by atoms with Crippen molar-refractivity contribution in [3.05, 3.63) is 146 Å².